The molecule has 1 aliphatic rings. The molecule has 1 aromatic carbocycles. The van der Waals surface area contributed by atoms with Crippen LogP contribution in [-0.4, -0.2) is 89.3 Å². The first-order valence-corrected chi connectivity index (χ1v) is 15.0. The summed E-state index contributed by atoms with van der Waals surface area (Å²) in [6.07, 6.45) is 0.594. The molecule has 0 aliphatic carbocycles. The van der Waals surface area contributed by atoms with Crippen molar-refractivity contribution in [3.8, 4) is 0 Å². The van der Waals surface area contributed by atoms with E-state index < -0.39 is 36.4 Å². The Bertz CT molecular complexity index is 1600. The molecular weight excluding hydrogens is 603 g/mol. The summed E-state index contributed by atoms with van der Waals surface area (Å²) in [5.41, 5.74) is 0.373. The van der Waals surface area contributed by atoms with Gasteiger partial charge in [0.2, 0.25) is 0 Å². The lowest BCUT2D eigenvalue weighted by Gasteiger charge is -2.38. The molecular formula is C32H43FN4O9. The Morgan fingerprint density at radius 3 is 2.20 bits per heavy atom. The topological polar surface area (TPSA) is 184 Å². The summed E-state index contributed by atoms with van der Waals surface area (Å²) in [7, 11) is 0. The van der Waals surface area contributed by atoms with Gasteiger partial charge in [-0.25, -0.2) is 14.0 Å². The van der Waals surface area contributed by atoms with Crippen molar-refractivity contribution in [1.29, 1.82) is 0 Å². The average molecular weight is 647 g/mol. The van der Waals surface area contributed by atoms with E-state index in [4.69, 9.17) is 25.2 Å². The van der Waals surface area contributed by atoms with E-state index in [0.29, 0.717) is 31.8 Å². The van der Waals surface area contributed by atoms with Crippen LogP contribution in [0.5, 0.6) is 0 Å². The number of likely N-dealkylation sites (tertiary alicyclic amines) is 1. The van der Waals surface area contributed by atoms with E-state index in [-0.39, 0.29) is 22.5 Å². The van der Waals surface area contributed by atoms with Crippen LogP contribution in [0.25, 0.3) is 11.0 Å². The first-order valence-electron chi connectivity index (χ1n) is 15.0. The highest BCUT2D eigenvalue weighted by atomic mass is 19.1. The molecule has 0 amide bonds. The molecule has 1 aliphatic heterocycles. The number of hydrogen-bond donors (Lipinski definition) is 4. The van der Waals surface area contributed by atoms with E-state index in [0.717, 1.165) is 30.7 Å². The highest BCUT2D eigenvalue weighted by Crippen LogP contribution is 2.40. The molecule has 4 N–H and O–H groups in total. The van der Waals surface area contributed by atoms with E-state index in [1.54, 1.807) is 10.6 Å². The molecule has 3 aromatic rings. The highest BCUT2D eigenvalue weighted by Gasteiger charge is 2.45. The van der Waals surface area contributed by atoms with Gasteiger partial charge < -0.3 is 25.2 Å². The van der Waals surface area contributed by atoms with Crippen molar-refractivity contribution < 1.29 is 43.9 Å². The van der Waals surface area contributed by atoms with Gasteiger partial charge in [-0.2, -0.15) is 0 Å². The minimum atomic E-state index is -2.74. The van der Waals surface area contributed by atoms with Crippen LogP contribution >= 0.6 is 0 Å². The van der Waals surface area contributed by atoms with Crippen molar-refractivity contribution in [3.63, 3.8) is 0 Å². The molecule has 0 unspecified atom stereocenters. The molecule has 2 aromatic heterocycles. The largest absolute Gasteiger partial charge is 0.481 e. The fourth-order valence-electron chi connectivity index (χ4n) is 5.84. The number of nitrogens with zero attached hydrogens (tertiary/aromatic N) is 4. The minimum Gasteiger partial charge on any atom is -0.481 e. The maximum atomic E-state index is 14.0. The first-order chi connectivity index (χ1) is 21.5. The number of aromatic nitrogens is 3. The van der Waals surface area contributed by atoms with E-state index in [9.17, 15) is 23.6 Å². The van der Waals surface area contributed by atoms with Crippen LogP contribution in [-0.2, 0) is 37.7 Å². The van der Waals surface area contributed by atoms with Crippen molar-refractivity contribution in [3.05, 3.63) is 64.1 Å². The summed E-state index contributed by atoms with van der Waals surface area (Å²) < 4.78 is 23.4. The lowest BCUT2D eigenvalue weighted by atomic mass is 9.87. The molecule has 4 rings (SSSR count). The summed E-state index contributed by atoms with van der Waals surface area (Å²) in [6, 6.07) is 8.82. The maximum Gasteiger partial charge on any atom is 0.336 e. The Morgan fingerprint density at radius 2 is 1.67 bits per heavy atom. The lowest BCUT2D eigenvalue weighted by Crippen LogP contribution is -2.44. The molecule has 13 nitrogen and oxygen atoms in total. The number of benzene rings is 1. The number of carboxylic acid groups (broad SMARTS) is 3. The van der Waals surface area contributed by atoms with E-state index in [1.165, 1.54) is 17.7 Å². The molecule has 1 fully saturated rings. The van der Waals surface area contributed by atoms with Crippen molar-refractivity contribution in [1.82, 2.24) is 19.0 Å². The van der Waals surface area contributed by atoms with Gasteiger partial charge in [0, 0.05) is 49.1 Å². The van der Waals surface area contributed by atoms with Gasteiger partial charge in [0.05, 0.1) is 30.5 Å². The second-order valence-electron chi connectivity index (χ2n) is 12.3. The number of aryl methyl sites for hydroxylation is 2. The van der Waals surface area contributed by atoms with Crippen molar-refractivity contribution in [2.45, 2.75) is 78.1 Å². The van der Waals surface area contributed by atoms with Crippen molar-refractivity contribution in [2.75, 3.05) is 26.3 Å². The zero-order valence-electron chi connectivity index (χ0n) is 26.8. The molecule has 0 bridgehead atoms. The number of carboxylic acids is 3. The quantitative estimate of drug-likeness (QED) is 0.214. The van der Waals surface area contributed by atoms with Gasteiger partial charge in [0.1, 0.15) is 5.82 Å². The third kappa shape index (κ3) is 8.17. The Morgan fingerprint density at radius 1 is 1.02 bits per heavy atom. The molecule has 14 heteroatoms. The predicted molar refractivity (Wildman–Crippen MR) is 166 cm³/mol. The van der Waals surface area contributed by atoms with Crippen LogP contribution in [0.3, 0.4) is 0 Å². The summed E-state index contributed by atoms with van der Waals surface area (Å²) in [5, 5.41) is 33.8. The number of ether oxygens (including phenoxy) is 1. The first kappa shape index (κ1) is 36.3. The Labute approximate surface area is 265 Å². The van der Waals surface area contributed by atoms with Gasteiger partial charge in [-0.15, -0.1) is 0 Å². The number of carbonyl (C=O) groups is 3. The molecule has 1 atom stereocenters. The SMILES string of the molecule is CCOC[C@]1(Cn2c(=O)n(CC)c3cc(F)ccc32)CCN(C(C)(C)c2ccc(C)nc2)C1.O=C(O)CC(O)(CC(=O)O)C(=O)O. The zero-order chi connectivity index (χ0) is 34.4. The molecule has 1 saturated heterocycles. The smallest absolute Gasteiger partial charge is 0.336 e. The number of halogens is 1. The van der Waals surface area contributed by atoms with Gasteiger partial charge in [-0.05, 0) is 77.4 Å². The van der Waals surface area contributed by atoms with Crippen LogP contribution in [0.15, 0.2) is 41.3 Å². The fraction of sp³-hybridized carbons (Fsp3) is 0.531. The van der Waals surface area contributed by atoms with Gasteiger partial charge in [0.25, 0.3) is 0 Å². The lowest BCUT2D eigenvalue weighted by molar-refractivity contribution is -0.170. The van der Waals surface area contributed by atoms with Crippen LogP contribution in [0.2, 0.25) is 0 Å². The van der Waals surface area contributed by atoms with Gasteiger partial charge in [-0.1, -0.05) is 6.07 Å². The number of fused-ring (bicyclic) bond motifs is 1. The second kappa shape index (κ2) is 14.5. The maximum absolute atomic E-state index is 14.0. The third-order valence-electron chi connectivity index (χ3n) is 8.54. The fourth-order valence-corrected chi connectivity index (χ4v) is 5.84. The number of aliphatic hydroxyl groups is 1. The molecule has 3 heterocycles. The monoisotopic (exact) mass is 646 g/mol. The van der Waals surface area contributed by atoms with Crippen LogP contribution < -0.4 is 5.69 Å². The summed E-state index contributed by atoms with van der Waals surface area (Å²) >= 11 is 0. The molecule has 0 spiro atoms. The van der Waals surface area contributed by atoms with Crippen LogP contribution in [0.1, 0.15) is 58.2 Å². The standard InChI is InChI=1S/C26H35FN4O2.C6H8O7/c1-6-30-23-14-21(27)10-11-22(23)31(24(30)32)17-26(18-33-7-2)12-13-29(16-26)25(4,5)20-9-8-19(3)28-15-20;7-3(8)1-6(13,5(11)12)2-4(9)10/h8-11,14-15H,6-7,12-13,16-18H2,1-5H3;13H,1-2H2,(H,7,8)(H,9,10)(H,11,12)/t26-;/m1./s1. The number of pyridine rings is 1. The number of aliphatic carboxylic acids is 3. The van der Waals surface area contributed by atoms with E-state index >= 15 is 0 Å². The number of rotatable bonds is 13. The Kier molecular flexibility index (Phi) is 11.5. The zero-order valence-corrected chi connectivity index (χ0v) is 26.8. The highest BCUT2D eigenvalue weighted by molar-refractivity contribution is 5.88. The number of imidazole rings is 1. The van der Waals surface area contributed by atoms with Gasteiger partial charge in [0.15, 0.2) is 5.60 Å². The summed E-state index contributed by atoms with van der Waals surface area (Å²) in [6.45, 7) is 14.3. The van der Waals surface area contributed by atoms with Crippen LogP contribution in [0, 0.1) is 18.2 Å². The third-order valence-corrected chi connectivity index (χ3v) is 8.54. The van der Waals surface area contributed by atoms with Gasteiger partial charge >= 0.3 is 23.6 Å². The molecule has 46 heavy (non-hydrogen) atoms. The normalized spacial score (nSPS) is 17.1. The molecule has 0 saturated carbocycles. The Balaban J connectivity index is 0.000000376. The summed E-state index contributed by atoms with van der Waals surface area (Å²) in [5.74, 6) is -5.35. The minimum absolute atomic E-state index is 0.0885. The summed E-state index contributed by atoms with van der Waals surface area (Å²) in [4.78, 5) is 50.8. The van der Waals surface area contributed by atoms with Crippen LogP contribution in [0.4, 0.5) is 4.39 Å². The van der Waals surface area contributed by atoms with E-state index in [2.05, 4.69) is 35.9 Å². The average Bonchev–Trinajstić information content (AvgIpc) is 3.50. The van der Waals surface area contributed by atoms with Crippen molar-refractivity contribution >= 4 is 28.9 Å². The van der Waals surface area contributed by atoms with Crippen molar-refractivity contribution in [2.24, 2.45) is 5.41 Å². The second-order valence-corrected chi connectivity index (χ2v) is 12.3. The Hall–Kier alpha value is -4.14. The number of hydrogen-bond acceptors (Lipinski definition) is 8. The predicted octanol–water partition coefficient (Wildman–Crippen LogP) is 3.08. The molecule has 252 valence electrons. The molecule has 0 radical (unpaired) electrons. The van der Waals surface area contributed by atoms with Gasteiger partial charge in [-0.3, -0.25) is 28.6 Å². The van der Waals surface area contributed by atoms with E-state index in [1.807, 2.05) is 31.5 Å².